The van der Waals surface area contributed by atoms with Gasteiger partial charge in [0.2, 0.25) is 11.9 Å². The molecule has 0 radical (unpaired) electrons. The summed E-state index contributed by atoms with van der Waals surface area (Å²) in [4.78, 5) is 39.5. The number of aromatic nitrogens is 4. The van der Waals surface area contributed by atoms with Crippen LogP contribution in [0, 0.1) is 5.82 Å². The first kappa shape index (κ1) is 27.2. The normalized spacial score (nSPS) is 13.8. The van der Waals surface area contributed by atoms with Gasteiger partial charge in [-0.15, -0.1) is 0 Å². The molecule has 1 saturated heterocycles. The Morgan fingerprint density at radius 1 is 0.952 bits per heavy atom. The van der Waals surface area contributed by atoms with Crippen LogP contribution in [0.25, 0.3) is 11.0 Å². The van der Waals surface area contributed by atoms with Crippen LogP contribution in [0.5, 0.6) is 0 Å². The molecular formula is C32H32FN7O2. The van der Waals surface area contributed by atoms with Crippen LogP contribution in [0.3, 0.4) is 0 Å². The topological polar surface area (TPSA) is 88.3 Å². The Balaban J connectivity index is 1.19. The van der Waals surface area contributed by atoms with Crippen LogP contribution < -0.4 is 20.7 Å². The second kappa shape index (κ2) is 11.9. The fourth-order valence-electron chi connectivity index (χ4n) is 5.54. The van der Waals surface area contributed by atoms with Gasteiger partial charge in [-0.1, -0.05) is 54.6 Å². The Morgan fingerprint density at radius 3 is 2.43 bits per heavy atom. The number of para-hydroxylation sites is 2. The van der Waals surface area contributed by atoms with Crippen LogP contribution in [-0.4, -0.2) is 51.3 Å². The summed E-state index contributed by atoms with van der Waals surface area (Å²) in [5.41, 5.74) is 3.44. The molecule has 1 fully saturated rings. The van der Waals surface area contributed by atoms with Gasteiger partial charge in [-0.2, -0.15) is 4.57 Å². The molecule has 0 aliphatic carbocycles. The van der Waals surface area contributed by atoms with E-state index in [0.29, 0.717) is 19.0 Å². The number of piperidine rings is 1. The van der Waals surface area contributed by atoms with Crippen molar-refractivity contribution in [2.75, 3.05) is 29.9 Å². The van der Waals surface area contributed by atoms with Crippen molar-refractivity contribution in [3.63, 3.8) is 0 Å². The Hall–Kier alpha value is -4.99. The van der Waals surface area contributed by atoms with Crippen molar-refractivity contribution in [1.29, 1.82) is 0 Å². The number of amides is 1. The van der Waals surface area contributed by atoms with E-state index in [0.717, 1.165) is 58.6 Å². The molecule has 9 nitrogen and oxygen atoms in total. The van der Waals surface area contributed by atoms with Gasteiger partial charge in [-0.25, -0.2) is 19.2 Å². The number of anilines is 2. The van der Waals surface area contributed by atoms with Gasteiger partial charge in [-0.05, 0) is 48.2 Å². The number of rotatable bonds is 7. The van der Waals surface area contributed by atoms with Crippen LogP contribution in [0.2, 0.25) is 0 Å². The lowest BCUT2D eigenvalue weighted by atomic mass is 10.0. The van der Waals surface area contributed by atoms with E-state index in [1.54, 1.807) is 12.1 Å². The highest BCUT2D eigenvalue weighted by Gasteiger charge is 2.29. The van der Waals surface area contributed by atoms with E-state index < -0.39 is 11.6 Å². The number of carbonyl (C=O) groups is 1. The van der Waals surface area contributed by atoms with Gasteiger partial charge in [0.25, 0.3) is 5.56 Å². The van der Waals surface area contributed by atoms with E-state index in [9.17, 15) is 14.0 Å². The minimum Gasteiger partial charge on any atom is -0.342 e. The Morgan fingerprint density at radius 2 is 1.67 bits per heavy atom. The number of imidazole rings is 1. The van der Waals surface area contributed by atoms with Crippen LogP contribution in [0.4, 0.5) is 21.1 Å². The van der Waals surface area contributed by atoms with Crippen molar-refractivity contribution < 1.29 is 9.18 Å². The van der Waals surface area contributed by atoms with Gasteiger partial charge in [0.15, 0.2) is 0 Å². The third-order valence-electron chi connectivity index (χ3n) is 7.82. The monoisotopic (exact) mass is 565 g/mol. The molecule has 3 heterocycles. The zero-order chi connectivity index (χ0) is 29.1. The summed E-state index contributed by atoms with van der Waals surface area (Å²) < 4.78 is 16.8. The Bertz CT molecular complexity index is 1740. The quantitative estimate of drug-likeness (QED) is 0.309. The van der Waals surface area contributed by atoms with Gasteiger partial charge in [-0.3, -0.25) is 4.79 Å². The SMILES string of the molecule is CN(c1nccc(=O)n1C(=O)NCc1ccccc1)C1CCN(c2nc3ccccc3n2Cc2ccc(F)cc2)CC1. The van der Waals surface area contributed by atoms with Crippen molar-refractivity contribution in [3.05, 3.63) is 118 Å². The fraction of sp³-hybridized carbons (Fsp3) is 0.250. The van der Waals surface area contributed by atoms with Crippen molar-refractivity contribution in [2.45, 2.75) is 32.0 Å². The van der Waals surface area contributed by atoms with E-state index in [1.807, 2.05) is 60.5 Å². The number of fused-ring (bicyclic) bond motifs is 1. The molecule has 6 rings (SSSR count). The molecule has 0 saturated carbocycles. The first-order valence-electron chi connectivity index (χ1n) is 14.1. The Labute approximate surface area is 242 Å². The maximum atomic E-state index is 13.5. The molecule has 1 amide bonds. The number of hydrogen-bond acceptors (Lipinski definition) is 6. The second-order valence-corrected chi connectivity index (χ2v) is 10.5. The highest BCUT2D eigenvalue weighted by molar-refractivity contribution is 5.80. The number of benzene rings is 3. The van der Waals surface area contributed by atoms with E-state index >= 15 is 0 Å². The molecule has 0 bridgehead atoms. The van der Waals surface area contributed by atoms with Crippen molar-refractivity contribution >= 4 is 29.0 Å². The minimum absolute atomic E-state index is 0.0682. The minimum atomic E-state index is -0.509. The molecule has 2 aromatic heterocycles. The van der Waals surface area contributed by atoms with Crippen molar-refractivity contribution in [1.82, 2.24) is 24.4 Å². The van der Waals surface area contributed by atoms with Gasteiger partial charge < -0.3 is 19.7 Å². The average molecular weight is 566 g/mol. The van der Waals surface area contributed by atoms with E-state index in [4.69, 9.17) is 4.98 Å². The molecule has 0 atom stereocenters. The largest absolute Gasteiger partial charge is 0.342 e. The smallest absolute Gasteiger partial charge is 0.331 e. The third-order valence-corrected chi connectivity index (χ3v) is 7.82. The standard InChI is InChI=1S/C32H32FN7O2/c1-37(30-34-18-15-29(41)40(30)32(42)35-21-23-7-3-2-4-8-23)26-16-19-38(20-17-26)31-36-27-9-5-6-10-28(27)39(31)22-24-11-13-25(33)14-12-24/h2-15,18,26H,16-17,19-22H2,1H3,(H,35,42). The molecule has 214 valence electrons. The lowest BCUT2D eigenvalue weighted by Gasteiger charge is -2.38. The first-order valence-corrected chi connectivity index (χ1v) is 14.1. The van der Waals surface area contributed by atoms with Crippen LogP contribution in [0.1, 0.15) is 24.0 Å². The number of halogens is 1. The zero-order valence-corrected chi connectivity index (χ0v) is 23.4. The molecule has 10 heteroatoms. The molecule has 0 unspecified atom stereocenters. The van der Waals surface area contributed by atoms with Crippen molar-refractivity contribution in [2.24, 2.45) is 0 Å². The van der Waals surface area contributed by atoms with E-state index in [2.05, 4.69) is 25.8 Å². The summed E-state index contributed by atoms with van der Waals surface area (Å²) >= 11 is 0. The molecule has 42 heavy (non-hydrogen) atoms. The molecular weight excluding hydrogens is 533 g/mol. The van der Waals surface area contributed by atoms with E-state index in [-0.39, 0.29) is 11.9 Å². The Kier molecular flexibility index (Phi) is 7.68. The summed E-state index contributed by atoms with van der Waals surface area (Å²) in [5, 5.41) is 2.84. The summed E-state index contributed by atoms with van der Waals surface area (Å²) in [6.45, 7) is 2.35. The zero-order valence-electron chi connectivity index (χ0n) is 23.4. The second-order valence-electron chi connectivity index (χ2n) is 10.5. The predicted molar refractivity (Wildman–Crippen MR) is 161 cm³/mol. The maximum absolute atomic E-state index is 13.5. The molecule has 1 aliphatic heterocycles. The molecule has 5 aromatic rings. The van der Waals surface area contributed by atoms with Crippen LogP contribution in [-0.2, 0) is 13.1 Å². The van der Waals surface area contributed by atoms with Gasteiger partial charge in [0.1, 0.15) is 5.82 Å². The van der Waals surface area contributed by atoms with Gasteiger partial charge in [0.05, 0.1) is 17.6 Å². The lowest BCUT2D eigenvalue weighted by molar-refractivity contribution is 0.241. The van der Waals surface area contributed by atoms with Crippen molar-refractivity contribution in [3.8, 4) is 0 Å². The summed E-state index contributed by atoms with van der Waals surface area (Å²) in [7, 11) is 1.88. The average Bonchev–Trinajstić information content (AvgIpc) is 3.39. The number of nitrogens with one attached hydrogen (secondary N) is 1. The third kappa shape index (κ3) is 5.60. The van der Waals surface area contributed by atoms with Gasteiger partial charge >= 0.3 is 6.03 Å². The predicted octanol–water partition coefficient (Wildman–Crippen LogP) is 4.64. The summed E-state index contributed by atoms with van der Waals surface area (Å²) in [5.74, 6) is 0.930. The molecule has 1 aliphatic rings. The first-order chi connectivity index (χ1) is 20.5. The summed E-state index contributed by atoms with van der Waals surface area (Å²) in [6.07, 6.45) is 3.02. The highest BCUT2D eigenvalue weighted by Crippen LogP contribution is 2.28. The molecule has 3 aromatic carbocycles. The molecule has 1 N–H and O–H groups in total. The number of carbonyl (C=O) groups excluding carboxylic acids is 1. The number of nitrogens with zero attached hydrogens (tertiary/aromatic N) is 6. The van der Waals surface area contributed by atoms with E-state index in [1.165, 1.54) is 24.4 Å². The van der Waals surface area contributed by atoms with Crippen LogP contribution in [0.15, 0.2) is 95.9 Å². The molecule has 0 spiro atoms. The maximum Gasteiger partial charge on any atom is 0.331 e. The summed E-state index contributed by atoms with van der Waals surface area (Å²) in [6, 6.07) is 25.0. The highest BCUT2D eigenvalue weighted by atomic mass is 19.1. The van der Waals surface area contributed by atoms with Gasteiger partial charge in [0, 0.05) is 45.0 Å². The lowest BCUT2D eigenvalue weighted by Crippen LogP contribution is -2.47. The fourth-order valence-corrected chi connectivity index (χ4v) is 5.54. The van der Waals surface area contributed by atoms with Crippen LogP contribution >= 0.6 is 0 Å². The number of hydrogen-bond donors (Lipinski definition) is 1.